The Balaban J connectivity index is 2.01. The molecule has 0 aromatic carbocycles. The molecule has 0 atom stereocenters. The van der Waals surface area contributed by atoms with Crippen molar-refractivity contribution in [1.29, 1.82) is 0 Å². The maximum Gasteiger partial charge on any atom is 0.407 e. The Labute approximate surface area is 115 Å². The molecule has 1 aromatic heterocycles. The minimum atomic E-state index is -0.435. The number of amides is 1. The summed E-state index contributed by atoms with van der Waals surface area (Å²) in [5, 5.41) is 6.07. The molecule has 0 aliphatic carbocycles. The van der Waals surface area contributed by atoms with E-state index in [-0.39, 0.29) is 6.09 Å². The van der Waals surface area contributed by atoms with Gasteiger partial charge in [-0.2, -0.15) is 0 Å². The molecule has 0 aliphatic rings. The van der Waals surface area contributed by atoms with Crippen LogP contribution in [0.1, 0.15) is 32.8 Å². The maximum absolute atomic E-state index is 11.4. The van der Waals surface area contributed by atoms with Crippen LogP contribution >= 0.6 is 0 Å². The lowest BCUT2D eigenvalue weighted by Crippen LogP contribution is -2.33. The molecule has 0 aliphatic heterocycles. The van der Waals surface area contributed by atoms with Gasteiger partial charge in [0.1, 0.15) is 5.60 Å². The molecule has 0 saturated carbocycles. The van der Waals surface area contributed by atoms with Crippen molar-refractivity contribution < 1.29 is 9.53 Å². The topological polar surface area (TPSA) is 55.3 Å². The minimum absolute atomic E-state index is 0.351. The van der Waals surface area contributed by atoms with Crippen molar-refractivity contribution in [3.05, 3.63) is 24.0 Å². The van der Waals surface area contributed by atoms with Crippen LogP contribution in [0.2, 0.25) is 0 Å². The highest BCUT2D eigenvalue weighted by Gasteiger charge is 2.15. The summed E-state index contributed by atoms with van der Waals surface area (Å²) in [7, 11) is 2.01. The Hall–Kier alpha value is -1.49. The quantitative estimate of drug-likeness (QED) is 0.775. The zero-order valence-electron chi connectivity index (χ0n) is 12.3. The monoisotopic (exact) mass is 267 g/mol. The van der Waals surface area contributed by atoms with Gasteiger partial charge in [0.05, 0.1) is 0 Å². The van der Waals surface area contributed by atoms with E-state index in [9.17, 15) is 4.79 Å². The van der Waals surface area contributed by atoms with Crippen LogP contribution in [0.4, 0.5) is 4.79 Å². The highest BCUT2D eigenvalue weighted by molar-refractivity contribution is 5.67. The van der Waals surface area contributed by atoms with Crippen molar-refractivity contribution in [1.82, 2.24) is 15.2 Å². The van der Waals surface area contributed by atoms with Crippen molar-refractivity contribution in [2.45, 2.75) is 39.3 Å². The van der Waals surface area contributed by atoms with Gasteiger partial charge in [0, 0.05) is 32.5 Å². The lowest BCUT2D eigenvalue weighted by atomic mass is 10.2. The van der Waals surface area contributed by atoms with E-state index in [2.05, 4.69) is 22.9 Å². The second kappa shape index (κ2) is 7.19. The van der Waals surface area contributed by atoms with Crippen molar-refractivity contribution >= 4 is 6.09 Å². The van der Waals surface area contributed by atoms with Crippen LogP contribution < -0.4 is 10.6 Å². The molecular formula is C14H25N3O2. The van der Waals surface area contributed by atoms with E-state index in [0.29, 0.717) is 6.54 Å². The molecular weight excluding hydrogens is 242 g/mol. The molecule has 5 heteroatoms. The number of hydrogen-bond donors (Lipinski definition) is 2. The highest BCUT2D eigenvalue weighted by Crippen LogP contribution is 2.06. The molecule has 0 fully saturated rings. The fourth-order valence-corrected chi connectivity index (χ4v) is 1.62. The van der Waals surface area contributed by atoms with Gasteiger partial charge < -0.3 is 19.9 Å². The number of hydrogen-bond acceptors (Lipinski definition) is 3. The first kappa shape index (κ1) is 15.6. The molecule has 19 heavy (non-hydrogen) atoms. The maximum atomic E-state index is 11.4. The van der Waals surface area contributed by atoms with E-state index in [4.69, 9.17) is 4.74 Å². The Morgan fingerprint density at radius 2 is 2.11 bits per heavy atom. The largest absolute Gasteiger partial charge is 0.444 e. The summed E-state index contributed by atoms with van der Waals surface area (Å²) in [5.74, 6) is 0. The van der Waals surface area contributed by atoms with Crippen LogP contribution in [0.5, 0.6) is 0 Å². The summed E-state index contributed by atoms with van der Waals surface area (Å²) in [4.78, 5) is 11.4. The summed E-state index contributed by atoms with van der Waals surface area (Å²) in [5.41, 5.74) is 0.831. The number of carbonyl (C=O) groups excluding carboxylic acids is 1. The predicted molar refractivity (Wildman–Crippen MR) is 76.0 cm³/mol. The Morgan fingerprint density at radius 3 is 2.68 bits per heavy atom. The van der Waals surface area contributed by atoms with Crippen LogP contribution in [-0.2, 0) is 18.3 Å². The molecule has 1 heterocycles. The number of alkyl carbamates (subject to hydrolysis) is 1. The molecule has 2 N–H and O–H groups in total. The van der Waals surface area contributed by atoms with Gasteiger partial charge in [-0.1, -0.05) is 0 Å². The second-order valence-electron chi connectivity index (χ2n) is 5.64. The van der Waals surface area contributed by atoms with Crippen molar-refractivity contribution in [2.24, 2.45) is 7.05 Å². The first-order valence-electron chi connectivity index (χ1n) is 6.65. The van der Waals surface area contributed by atoms with Crippen LogP contribution in [0.15, 0.2) is 18.5 Å². The smallest absolute Gasteiger partial charge is 0.407 e. The van der Waals surface area contributed by atoms with E-state index >= 15 is 0 Å². The highest BCUT2D eigenvalue weighted by atomic mass is 16.6. The van der Waals surface area contributed by atoms with Gasteiger partial charge >= 0.3 is 6.09 Å². The molecule has 0 spiro atoms. The van der Waals surface area contributed by atoms with Gasteiger partial charge in [-0.25, -0.2) is 4.79 Å². The van der Waals surface area contributed by atoms with E-state index < -0.39 is 5.60 Å². The lowest BCUT2D eigenvalue weighted by Gasteiger charge is -2.19. The molecule has 0 bridgehead atoms. The summed E-state index contributed by atoms with van der Waals surface area (Å²) < 4.78 is 7.17. The van der Waals surface area contributed by atoms with Crippen LogP contribution in [0.3, 0.4) is 0 Å². The van der Waals surface area contributed by atoms with Crippen LogP contribution in [-0.4, -0.2) is 29.4 Å². The lowest BCUT2D eigenvalue weighted by molar-refractivity contribution is 0.0527. The summed E-state index contributed by atoms with van der Waals surface area (Å²) in [6.07, 6.45) is 4.65. The van der Waals surface area contributed by atoms with Crippen molar-refractivity contribution in [3.8, 4) is 0 Å². The number of carbonyl (C=O) groups is 1. The Morgan fingerprint density at radius 1 is 1.37 bits per heavy atom. The molecule has 1 aromatic rings. The second-order valence-corrected chi connectivity index (χ2v) is 5.64. The zero-order valence-corrected chi connectivity index (χ0v) is 12.3. The molecule has 1 amide bonds. The molecule has 1 rings (SSSR count). The van der Waals surface area contributed by atoms with Gasteiger partial charge in [0.2, 0.25) is 0 Å². The van der Waals surface area contributed by atoms with Gasteiger partial charge in [-0.3, -0.25) is 0 Å². The van der Waals surface area contributed by atoms with Gasteiger partial charge in [0.15, 0.2) is 0 Å². The third-order valence-electron chi connectivity index (χ3n) is 2.42. The van der Waals surface area contributed by atoms with Crippen molar-refractivity contribution in [3.63, 3.8) is 0 Å². The first-order chi connectivity index (χ1) is 8.87. The molecule has 0 unspecified atom stereocenters. The fourth-order valence-electron chi connectivity index (χ4n) is 1.62. The standard InChI is InChI=1S/C14H25N3O2/c1-14(2,3)19-13(18)16-8-5-7-15-10-12-6-9-17(4)11-12/h6,9,11,15H,5,7-8,10H2,1-4H3,(H,16,18). The number of aryl methyl sites for hydroxylation is 1. The van der Waals surface area contributed by atoms with Gasteiger partial charge in [0.25, 0.3) is 0 Å². The normalized spacial score (nSPS) is 11.4. The number of nitrogens with one attached hydrogen (secondary N) is 2. The fraction of sp³-hybridized carbons (Fsp3) is 0.643. The number of nitrogens with zero attached hydrogens (tertiary/aromatic N) is 1. The summed E-state index contributed by atoms with van der Waals surface area (Å²) in [6, 6.07) is 2.09. The third-order valence-corrected chi connectivity index (χ3v) is 2.42. The Kier molecular flexibility index (Phi) is 5.89. The summed E-state index contributed by atoms with van der Waals surface area (Å²) in [6.45, 7) is 7.91. The number of ether oxygens (including phenoxy) is 1. The van der Waals surface area contributed by atoms with E-state index in [1.165, 1.54) is 5.56 Å². The Bertz CT molecular complexity index is 394. The van der Waals surface area contributed by atoms with E-state index in [0.717, 1.165) is 19.5 Å². The first-order valence-corrected chi connectivity index (χ1v) is 6.65. The SMILES string of the molecule is Cn1ccc(CNCCCNC(=O)OC(C)(C)C)c1. The van der Waals surface area contributed by atoms with Crippen LogP contribution in [0, 0.1) is 0 Å². The average Bonchev–Trinajstić information content (AvgIpc) is 2.67. The zero-order chi connectivity index (χ0) is 14.3. The molecule has 0 radical (unpaired) electrons. The van der Waals surface area contributed by atoms with Gasteiger partial charge in [-0.05, 0) is 45.4 Å². The van der Waals surface area contributed by atoms with E-state index in [1.54, 1.807) is 0 Å². The molecule has 5 nitrogen and oxygen atoms in total. The summed E-state index contributed by atoms with van der Waals surface area (Å²) >= 11 is 0. The van der Waals surface area contributed by atoms with Crippen molar-refractivity contribution in [2.75, 3.05) is 13.1 Å². The number of rotatable bonds is 6. The minimum Gasteiger partial charge on any atom is -0.444 e. The third kappa shape index (κ3) is 7.51. The van der Waals surface area contributed by atoms with Crippen LogP contribution in [0.25, 0.3) is 0 Å². The molecule has 0 saturated heterocycles. The predicted octanol–water partition coefficient (Wildman–Crippen LogP) is 2.03. The number of aromatic nitrogens is 1. The molecule has 108 valence electrons. The van der Waals surface area contributed by atoms with Gasteiger partial charge in [-0.15, -0.1) is 0 Å². The average molecular weight is 267 g/mol. The van der Waals surface area contributed by atoms with E-state index in [1.807, 2.05) is 38.6 Å².